The summed E-state index contributed by atoms with van der Waals surface area (Å²) in [6.07, 6.45) is 5.58. The highest BCUT2D eigenvalue weighted by Crippen LogP contribution is 2.72. The van der Waals surface area contributed by atoms with E-state index in [0.717, 1.165) is 29.6 Å². The quantitative estimate of drug-likeness (QED) is 0.736. The predicted octanol–water partition coefficient (Wildman–Crippen LogP) is 3.71. The second kappa shape index (κ2) is 3.50. The van der Waals surface area contributed by atoms with Gasteiger partial charge in [-0.25, -0.2) is 0 Å². The van der Waals surface area contributed by atoms with Crippen LogP contribution >= 0.6 is 0 Å². The second-order valence-electron chi connectivity index (χ2n) is 8.06. The van der Waals surface area contributed by atoms with E-state index in [1.807, 2.05) is 0 Å². The summed E-state index contributed by atoms with van der Waals surface area (Å²) in [5.41, 5.74) is 0.817. The van der Waals surface area contributed by atoms with E-state index in [9.17, 15) is 5.11 Å². The Balaban J connectivity index is 1.93. The molecule has 0 radical (unpaired) electrons. The number of hydrogen-bond acceptors (Lipinski definition) is 1. The van der Waals surface area contributed by atoms with Crippen molar-refractivity contribution in [3.05, 3.63) is 0 Å². The standard InChI is InChI=1S/C16H28O/c1-10-5-6-11-13(10)14-12(16(14,4)9-17)7-8-15(11,2)3/h10-14,17H,5-9H2,1-4H3/t10-,11?,12-,13?,14-,16-/m1/s1. The molecule has 98 valence electrons. The van der Waals surface area contributed by atoms with E-state index in [4.69, 9.17) is 0 Å². The van der Waals surface area contributed by atoms with Gasteiger partial charge in [0, 0.05) is 6.61 Å². The maximum atomic E-state index is 9.72. The molecule has 0 amide bonds. The minimum atomic E-state index is 0.276. The monoisotopic (exact) mass is 236 g/mol. The van der Waals surface area contributed by atoms with E-state index >= 15 is 0 Å². The summed E-state index contributed by atoms with van der Waals surface area (Å²) in [6.45, 7) is 10.2. The first-order valence-electron chi connectivity index (χ1n) is 7.52. The van der Waals surface area contributed by atoms with Gasteiger partial charge in [0.1, 0.15) is 0 Å². The van der Waals surface area contributed by atoms with Crippen LogP contribution in [0.2, 0.25) is 0 Å². The van der Waals surface area contributed by atoms with Crippen LogP contribution in [0.3, 0.4) is 0 Å². The van der Waals surface area contributed by atoms with Crippen LogP contribution in [-0.2, 0) is 0 Å². The minimum absolute atomic E-state index is 0.276. The van der Waals surface area contributed by atoms with E-state index < -0.39 is 0 Å². The van der Waals surface area contributed by atoms with Gasteiger partial charge in [0.2, 0.25) is 0 Å². The maximum absolute atomic E-state index is 9.72. The average Bonchev–Trinajstić information content (AvgIpc) is 2.70. The summed E-state index contributed by atoms with van der Waals surface area (Å²) in [6, 6.07) is 0. The summed E-state index contributed by atoms with van der Waals surface area (Å²) in [7, 11) is 0. The Labute approximate surface area is 106 Å². The minimum Gasteiger partial charge on any atom is -0.396 e. The van der Waals surface area contributed by atoms with Gasteiger partial charge in [0.25, 0.3) is 0 Å². The molecule has 0 aromatic carbocycles. The second-order valence-corrected chi connectivity index (χ2v) is 8.06. The number of fused-ring (bicyclic) bond motifs is 3. The Bertz CT molecular complexity index is 321. The van der Waals surface area contributed by atoms with E-state index in [1.54, 1.807) is 0 Å². The fourth-order valence-electron chi connectivity index (χ4n) is 5.59. The lowest BCUT2D eigenvalue weighted by Crippen LogP contribution is -2.30. The molecular formula is C16H28O. The largest absolute Gasteiger partial charge is 0.396 e. The lowest BCUT2D eigenvalue weighted by atomic mass is 9.68. The van der Waals surface area contributed by atoms with Crippen LogP contribution in [0.5, 0.6) is 0 Å². The van der Waals surface area contributed by atoms with Crippen molar-refractivity contribution in [2.24, 2.45) is 40.4 Å². The molecule has 3 saturated carbocycles. The van der Waals surface area contributed by atoms with Crippen molar-refractivity contribution in [3.8, 4) is 0 Å². The normalized spacial score (nSPS) is 55.9. The smallest absolute Gasteiger partial charge is 0.0490 e. The summed E-state index contributed by atoms with van der Waals surface area (Å²) in [4.78, 5) is 0. The molecule has 1 nitrogen and oxygen atoms in total. The Morgan fingerprint density at radius 3 is 2.41 bits per heavy atom. The van der Waals surface area contributed by atoms with Crippen LogP contribution in [0, 0.1) is 40.4 Å². The first-order chi connectivity index (χ1) is 7.92. The number of aliphatic hydroxyl groups excluding tert-OH is 1. The molecule has 6 atom stereocenters. The summed E-state index contributed by atoms with van der Waals surface area (Å²) in [5, 5.41) is 9.72. The average molecular weight is 236 g/mol. The van der Waals surface area contributed by atoms with Crippen LogP contribution < -0.4 is 0 Å². The number of hydrogen-bond donors (Lipinski definition) is 1. The molecule has 0 aromatic heterocycles. The van der Waals surface area contributed by atoms with E-state index in [0.29, 0.717) is 12.0 Å². The molecule has 3 aliphatic rings. The zero-order valence-electron chi connectivity index (χ0n) is 11.9. The third-order valence-corrected chi connectivity index (χ3v) is 6.85. The summed E-state index contributed by atoms with van der Waals surface area (Å²) in [5.74, 6) is 4.35. The SMILES string of the molecule is C[C@@H]1CCC2C1[C@H]1[C@@H](CCC2(C)C)[C@@]1(C)CO. The van der Waals surface area contributed by atoms with Gasteiger partial charge in [-0.05, 0) is 59.7 Å². The highest BCUT2D eigenvalue weighted by molar-refractivity contribution is 5.15. The Kier molecular flexibility index (Phi) is 2.47. The van der Waals surface area contributed by atoms with E-state index in [2.05, 4.69) is 27.7 Å². The Hall–Kier alpha value is -0.0400. The fourth-order valence-corrected chi connectivity index (χ4v) is 5.59. The third kappa shape index (κ3) is 1.47. The lowest BCUT2D eigenvalue weighted by Gasteiger charge is -2.37. The van der Waals surface area contributed by atoms with Gasteiger partial charge in [0.15, 0.2) is 0 Å². The molecule has 0 heterocycles. The van der Waals surface area contributed by atoms with Crippen LogP contribution in [0.25, 0.3) is 0 Å². The molecule has 0 spiro atoms. The van der Waals surface area contributed by atoms with Gasteiger partial charge in [-0.15, -0.1) is 0 Å². The molecule has 2 unspecified atom stereocenters. The van der Waals surface area contributed by atoms with E-state index in [-0.39, 0.29) is 5.41 Å². The van der Waals surface area contributed by atoms with Gasteiger partial charge >= 0.3 is 0 Å². The van der Waals surface area contributed by atoms with Crippen molar-refractivity contribution >= 4 is 0 Å². The van der Waals surface area contributed by atoms with Crippen LogP contribution in [-0.4, -0.2) is 11.7 Å². The van der Waals surface area contributed by atoms with Crippen molar-refractivity contribution in [3.63, 3.8) is 0 Å². The molecule has 1 heteroatoms. The molecule has 0 aromatic rings. The molecule has 1 N–H and O–H groups in total. The van der Waals surface area contributed by atoms with Gasteiger partial charge in [0.05, 0.1) is 0 Å². The van der Waals surface area contributed by atoms with Gasteiger partial charge in [-0.1, -0.05) is 34.1 Å². The topological polar surface area (TPSA) is 20.2 Å². The molecule has 17 heavy (non-hydrogen) atoms. The summed E-state index contributed by atoms with van der Waals surface area (Å²) < 4.78 is 0. The molecular weight excluding hydrogens is 208 g/mol. The molecule has 3 fully saturated rings. The van der Waals surface area contributed by atoms with Crippen molar-refractivity contribution in [2.45, 2.75) is 53.4 Å². The Morgan fingerprint density at radius 1 is 1.06 bits per heavy atom. The number of rotatable bonds is 1. The zero-order chi connectivity index (χ0) is 12.4. The molecule has 0 bridgehead atoms. The first-order valence-corrected chi connectivity index (χ1v) is 7.52. The van der Waals surface area contributed by atoms with Crippen LogP contribution in [0.4, 0.5) is 0 Å². The van der Waals surface area contributed by atoms with Crippen molar-refractivity contribution in [1.29, 1.82) is 0 Å². The van der Waals surface area contributed by atoms with Crippen molar-refractivity contribution in [1.82, 2.24) is 0 Å². The fraction of sp³-hybridized carbons (Fsp3) is 1.00. The van der Waals surface area contributed by atoms with Gasteiger partial charge in [-0.3, -0.25) is 0 Å². The highest BCUT2D eigenvalue weighted by Gasteiger charge is 2.68. The van der Waals surface area contributed by atoms with Crippen LogP contribution in [0.1, 0.15) is 53.4 Å². The maximum Gasteiger partial charge on any atom is 0.0490 e. The van der Waals surface area contributed by atoms with Crippen molar-refractivity contribution in [2.75, 3.05) is 6.61 Å². The third-order valence-electron chi connectivity index (χ3n) is 6.85. The van der Waals surface area contributed by atoms with Crippen LogP contribution in [0.15, 0.2) is 0 Å². The zero-order valence-corrected chi connectivity index (χ0v) is 11.9. The number of aliphatic hydroxyl groups is 1. The highest BCUT2D eigenvalue weighted by atomic mass is 16.3. The predicted molar refractivity (Wildman–Crippen MR) is 70.6 cm³/mol. The van der Waals surface area contributed by atoms with Gasteiger partial charge < -0.3 is 5.11 Å². The van der Waals surface area contributed by atoms with Crippen molar-refractivity contribution < 1.29 is 5.11 Å². The molecule has 3 aliphatic carbocycles. The first kappa shape index (κ1) is 12.0. The Morgan fingerprint density at radius 2 is 1.76 bits per heavy atom. The summed E-state index contributed by atoms with van der Waals surface area (Å²) >= 11 is 0. The molecule has 0 saturated heterocycles. The molecule has 3 rings (SSSR count). The van der Waals surface area contributed by atoms with E-state index in [1.165, 1.54) is 25.7 Å². The molecule has 0 aliphatic heterocycles. The lowest BCUT2D eigenvalue weighted by molar-refractivity contribution is 0.101. The van der Waals surface area contributed by atoms with Gasteiger partial charge in [-0.2, -0.15) is 0 Å².